The molecule has 1 aromatic rings. The topological polar surface area (TPSA) is 106 Å². The quantitative estimate of drug-likeness (QED) is 0.572. The summed E-state index contributed by atoms with van der Waals surface area (Å²) < 4.78 is 13.0. The van der Waals surface area contributed by atoms with E-state index in [-0.39, 0.29) is 5.56 Å². The van der Waals surface area contributed by atoms with Crippen LogP contribution in [-0.2, 0) is 4.79 Å². The number of nitro groups is 1. The van der Waals surface area contributed by atoms with Gasteiger partial charge in [-0.05, 0) is 17.7 Å². The highest BCUT2D eigenvalue weighted by Gasteiger charge is 2.19. The van der Waals surface area contributed by atoms with Crippen LogP contribution < -0.4 is 5.73 Å². The molecule has 1 atom stereocenters. The lowest BCUT2D eigenvalue weighted by molar-refractivity contribution is -0.387. The van der Waals surface area contributed by atoms with E-state index < -0.39 is 28.4 Å². The fourth-order valence-corrected chi connectivity index (χ4v) is 1.01. The molecule has 1 aromatic carbocycles. The predicted molar refractivity (Wildman–Crippen MR) is 47.6 cm³/mol. The SMILES string of the molecule is NC(C(=O)O)c1ccc([N+](=O)[O-])c(F)c1. The van der Waals surface area contributed by atoms with Gasteiger partial charge in [-0.1, -0.05) is 0 Å². The third-order valence-electron chi connectivity index (χ3n) is 1.79. The first-order valence-corrected chi connectivity index (χ1v) is 3.85. The molecular weight excluding hydrogens is 207 g/mol. The van der Waals surface area contributed by atoms with E-state index in [1.54, 1.807) is 0 Å². The fraction of sp³-hybridized carbons (Fsp3) is 0.125. The number of nitrogens with zero attached hydrogens (tertiary/aromatic N) is 1. The van der Waals surface area contributed by atoms with Crippen molar-refractivity contribution in [3.63, 3.8) is 0 Å². The summed E-state index contributed by atoms with van der Waals surface area (Å²) in [6.07, 6.45) is 0. The van der Waals surface area contributed by atoms with Gasteiger partial charge in [-0.15, -0.1) is 0 Å². The Morgan fingerprint density at radius 2 is 2.20 bits per heavy atom. The van der Waals surface area contributed by atoms with E-state index in [0.29, 0.717) is 0 Å². The molecule has 0 saturated carbocycles. The summed E-state index contributed by atoms with van der Waals surface area (Å²) in [5.74, 6) is -2.43. The van der Waals surface area contributed by atoms with E-state index in [2.05, 4.69) is 0 Å². The summed E-state index contributed by atoms with van der Waals surface area (Å²) in [4.78, 5) is 19.8. The van der Waals surface area contributed by atoms with Crippen molar-refractivity contribution in [1.82, 2.24) is 0 Å². The molecule has 0 aliphatic carbocycles. The maximum absolute atomic E-state index is 13.0. The van der Waals surface area contributed by atoms with Gasteiger partial charge in [0, 0.05) is 6.07 Å². The van der Waals surface area contributed by atoms with Crippen molar-refractivity contribution >= 4 is 11.7 Å². The van der Waals surface area contributed by atoms with Gasteiger partial charge in [0.1, 0.15) is 6.04 Å². The van der Waals surface area contributed by atoms with Gasteiger partial charge in [0.2, 0.25) is 5.82 Å². The number of carboxylic acid groups (broad SMARTS) is 1. The molecule has 1 rings (SSSR count). The van der Waals surface area contributed by atoms with Crippen LogP contribution in [0.15, 0.2) is 18.2 Å². The van der Waals surface area contributed by atoms with Crippen LogP contribution in [0.2, 0.25) is 0 Å². The highest BCUT2D eigenvalue weighted by atomic mass is 19.1. The van der Waals surface area contributed by atoms with E-state index in [0.717, 1.165) is 18.2 Å². The fourth-order valence-electron chi connectivity index (χ4n) is 1.01. The van der Waals surface area contributed by atoms with Crippen LogP contribution in [0.25, 0.3) is 0 Å². The first-order valence-electron chi connectivity index (χ1n) is 3.85. The van der Waals surface area contributed by atoms with Crippen molar-refractivity contribution in [2.45, 2.75) is 6.04 Å². The second-order valence-corrected chi connectivity index (χ2v) is 2.78. The molecule has 0 radical (unpaired) electrons. The summed E-state index contributed by atoms with van der Waals surface area (Å²) in [6.45, 7) is 0. The van der Waals surface area contributed by atoms with Crippen LogP contribution in [0.5, 0.6) is 0 Å². The second kappa shape index (κ2) is 4.01. The molecule has 1 unspecified atom stereocenters. The van der Waals surface area contributed by atoms with Crippen LogP contribution in [0, 0.1) is 15.9 Å². The average molecular weight is 214 g/mol. The standard InChI is InChI=1S/C8H7FN2O4/c9-5-3-4(7(10)8(12)13)1-2-6(5)11(14)15/h1-3,7H,10H2,(H,12,13). The predicted octanol–water partition coefficient (Wildman–Crippen LogP) is 0.818. The smallest absolute Gasteiger partial charge is 0.325 e. The molecule has 0 amide bonds. The minimum Gasteiger partial charge on any atom is -0.480 e. The number of nitro benzene ring substituents is 1. The highest BCUT2D eigenvalue weighted by Crippen LogP contribution is 2.20. The molecule has 7 heteroatoms. The Morgan fingerprint density at radius 3 is 2.60 bits per heavy atom. The van der Waals surface area contributed by atoms with E-state index in [4.69, 9.17) is 10.8 Å². The summed E-state index contributed by atoms with van der Waals surface area (Å²) >= 11 is 0. The molecule has 0 aromatic heterocycles. The van der Waals surface area contributed by atoms with Crippen LogP contribution >= 0.6 is 0 Å². The third kappa shape index (κ3) is 2.26. The third-order valence-corrected chi connectivity index (χ3v) is 1.79. The zero-order valence-electron chi connectivity index (χ0n) is 7.38. The lowest BCUT2D eigenvalue weighted by atomic mass is 10.1. The van der Waals surface area contributed by atoms with Crippen LogP contribution in [0.1, 0.15) is 11.6 Å². The molecule has 6 nitrogen and oxygen atoms in total. The largest absolute Gasteiger partial charge is 0.480 e. The van der Waals surface area contributed by atoms with E-state index in [1.165, 1.54) is 0 Å². The van der Waals surface area contributed by atoms with E-state index in [1.807, 2.05) is 0 Å². The number of aliphatic carboxylic acids is 1. The van der Waals surface area contributed by atoms with Crippen molar-refractivity contribution in [3.8, 4) is 0 Å². The zero-order chi connectivity index (χ0) is 11.6. The average Bonchev–Trinajstić information content (AvgIpc) is 2.15. The van der Waals surface area contributed by atoms with Gasteiger partial charge in [-0.2, -0.15) is 4.39 Å². The number of hydrogen-bond donors (Lipinski definition) is 2. The first kappa shape index (κ1) is 11.1. The summed E-state index contributed by atoms with van der Waals surface area (Å²) in [7, 11) is 0. The summed E-state index contributed by atoms with van der Waals surface area (Å²) in [6, 6.07) is 1.35. The number of hydrogen-bond acceptors (Lipinski definition) is 4. The van der Waals surface area contributed by atoms with Crippen LogP contribution in [0.4, 0.5) is 10.1 Å². The van der Waals surface area contributed by atoms with Crippen LogP contribution in [-0.4, -0.2) is 16.0 Å². The molecule has 0 spiro atoms. The number of rotatable bonds is 3. The molecule has 0 bridgehead atoms. The second-order valence-electron chi connectivity index (χ2n) is 2.78. The Hall–Kier alpha value is -2.02. The minimum absolute atomic E-state index is 0.0226. The van der Waals surface area contributed by atoms with Gasteiger partial charge in [0.15, 0.2) is 0 Å². The molecule has 80 valence electrons. The normalized spacial score (nSPS) is 12.1. The van der Waals surface area contributed by atoms with Gasteiger partial charge >= 0.3 is 11.7 Å². The number of nitrogens with two attached hydrogens (primary N) is 1. The van der Waals surface area contributed by atoms with Crippen molar-refractivity contribution < 1.29 is 19.2 Å². The zero-order valence-corrected chi connectivity index (χ0v) is 7.38. The van der Waals surface area contributed by atoms with Crippen molar-refractivity contribution in [2.24, 2.45) is 5.73 Å². The molecule has 0 aliphatic rings. The van der Waals surface area contributed by atoms with Crippen LogP contribution in [0.3, 0.4) is 0 Å². The van der Waals surface area contributed by atoms with Gasteiger partial charge in [-0.3, -0.25) is 14.9 Å². The van der Waals surface area contributed by atoms with Gasteiger partial charge in [0.25, 0.3) is 0 Å². The van der Waals surface area contributed by atoms with Crippen molar-refractivity contribution in [2.75, 3.05) is 0 Å². The summed E-state index contributed by atoms with van der Waals surface area (Å²) in [5.41, 5.74) is 4.46. The van der Waals surface area contributed by atoms with Crippen molar-refractivity contribution in [3.05, 3.63) is 39.7 Å². The molecule has 15 heavy (non-hydrogen) atoms. The summed E-state index contributed by atoms with van der Waals surface area (Å²) in [5, 5.41) is 18.8. The maximum atomic E-state index is 13.0. The molecule has 0 fully saturated rings. The molecule has 3 N–H and O–H groups in total. The monoisotopic (exact) mass is 214 g/mol. The molecule has 0 heterocycles. The van der Waals surface area contributed by atoms with Crippen molar-refractivity contribution in [1.29, 1.82) is 0 Å². The van der Waals surface area contributed by atoms with Gasteiger partial charge in [0.05, 0.1) is 4.92 Å². The van der Waals surface area contributed by atoms with Gasteiger partial charge < -0.3 is 10.8 Å². The molecule has 0 aliphatic heterocycles. The highest BCUT2D eigenvalue weighted by molar-refractivity contribution is 5.75. The maximum Gasteiger partial charge on any atom is 0.325 e. The lowest BCUT2D eigenvalue weighted by Gasteiger charge is -2.06. The Bertz CT molecular complexity index is 421. The molecule has 0 saturated heterocycles. The number of carboxylic acids is 1. The Morgan fingerprint density at radius 1 is 1.60 bits per heavy atom. The number of carbonyl (C=O) groups is 1. The Balaban J connectivity index is 3.12. The Labute approximate surface area is 83.3 Å². The first-order chi connectivity index (χ1) is 6.93. The van der Waals surface area contributed by atoms with Gasteiger partial charge in [-0.25, -0.2) is 0 Å². The van der Waals surface area contributed by atoms with E-state index in [9.17, 15) is 19.3 Å². The van der Waals surface area contributed by atoms with E-state index >= 15 is 0 Å². The number of benzene rings is 1. The molecular formula is C8H7FN2O4. The number of halogens is 1. The Kier molecular flexibility index (Phi) is 2.96. The lowest BCUT2D eigenvalue weighted by Crippen LogP contribution is -2.20. The minimum atomic E-state index is -1.39.